The number of phenols is 1. The first-order valence-corrected chi connectivity index (χ1v) is 17.1. The van der Waals surface area contributed by atoms with E-state index in [0.29, 0.717) is 40.8 Å². The van der Waals surface area contributed by atoms with Gasteiger partial charge in [-0.05, 0) is 28.8 Å². The van der Waals surface area contributed by atoms with Crippen LogP contribution < -0.4 is 10.2 Å². The molecule has 10 heteroatoms. The molecule has 242 valence electrons. The van der Waals surface area contributed by atoms with Crippen molar-refractivity contribution in [3.8, 4) is 28.0 Å². The molecule has 8 nitrogen and oxygen atoms in total. The van der Waals surface area contributed by atoms with Gasteiger partial charge < -0.3 is 5.11 Å². The Bertz CT molecular complexity index is 1850. The van der Waals surface area contributed by atoms with Crippen LogP contribution in [0.3, 0.4) is 0 Å². The van der Waals surface area contributed by atoms with Crippen LogP contribution >= 0.6 is 7.94 Å². The molecule has 0 saturated carbocycles. The molecule has 5 N–H and O–H groups in total. The van der Waals surface area contributed by atoms with Gasteiger partial charge in [0, 0.05) is 0 Å². The third-order valence-corrected chi connectivity index (χ3v) is 9.95. The monoisotopic (exact) mass is 654 g/mol. The predicted molar refractivity (Wildman–Crippen MR) is 183 cm³/mol. The SMILES string of the molecule is CN1C(=O)N(c2ccc(-c3ccccc3)cc2)[C@H](c2ccc(-c3ccc([PH](O)(O)O)cc3)cc2O)[C@H]1CCC(O)c1ccc(F)cc1. The van der Waals surface area contributed by atoms with Crippen LogP contribution in [0.5, 0.6) is 5.75 Å². The van der Waals surface area contributed by atoms with Gasteiger partial charge in [-0.1, -0.05) is 54.6 Å². The van der Waals surface area contributed by atoms with Gasteiger partial charge in [0.2, 0.25) is 0 Å². The number of carbonyl (C=O) groups excluding carboxylic acids is 1. The summed E-state index contributed by atoms with van der Waals surface area (Å²) in [5, 5.41) is 22.5. The number of carbonyl (C=O) groups is 1. The summed E-state index contributed by atoms with van der Waals surface area (Å²) in [6, 6.07) is 33.3. The van der Waals surface area contributed by atoms with Crippen LogP contribution in [-0.2, 0) is 0 Å². The number of benzene rings is 5. The van der Waals surface area contributed by atoms with E-state index < -0.39 is 31.9 Å². The zero-order valence-corrected chi connectivity index (χ0v) is 26.6. The number of phenolic OH excluding ortho intramolecular Hbond substituents is 1. The molecule has 0 radical (unpaired) electrons. The molecule has 1 aliphatic heterocycles. The average molecular weight is 655 g/mol. The minimum atomic E-state index is -4.45. The zero-order valence-electron chi connectivity index (χ0n) is 25.6. The van der Waals surface area contributed by atoms with Gasteiger partial charge in [0.05, 0.1) is 6.10 Å². The molecule has 3 atom stereocenters. The summed E-state index contributed by atoms with van der Waals surface area (Å²) in [7, 11) is -2.73. The van der Waals surface area contributed by atoms with Crippen LogP contribution in [0.25, 0.3) is 22.3 Å². The summed E-state index contributed by atoms with van der Waals surface area (Å²) in [6.45, 7) is 0. The van der Waals surface area contributed by atoms with Crippen LogP contribution in [0, 0.1) is 5.82 Å². The summed E-state index contributed by atoms with van der Waals surface area (Å²) >= 11 is 0. The standard InChI is InChI=1S/C37H36FN2O6P/c1-39-33(21-22-34(41)27-7-14-29(38)15-8-27)36(40(37(39)43)30-16-9-25(10-17-30)24-5-3-2-4-6-24)32-20-13-28(23-35(32)42)26-11-18-31(19-12-26)47(44,45)46/h2-20,23,33-34,36,41-42,44-47H,21-22H2,1H3/t33-,34?,36-/m1/s1. The topological polar surface area (TPSA) is 125 Å². The van der Waals surface area contributed by atoms with Gasteiger partial charge in [-0.2, -0.15) is 0 Å². The fraction of sp³-hybridized carbons (Fsp3) is 0.162. The van der Waals surface area contributed by atoms with Crippen molar-refractivity contribution in [3.05, 3.63) is 138 Å². The molecule has 6 rings (SSSR count). The Morgan fingerprint density at radius 1 is 0.766 bits per heavy atom. The first kappa shape index (κ1) is 32.3. The second kappa shape index (κ2) is 13.2. The summed E-state index contributed by atoms with van der Waals surface area (Å²) in [5.41, 5.74) is 5.11. The van der Waals surface area contributed by atoms with Gasteiger partial charge in [-0.25, -0.2) is 4.39 Å². The van der Waals surface area contributed by atoms with Crippen LogP contribution in [0.4, 0.5) is 14.9 Å². The molecule has 2 amide bonds. The van der Waals surface area contributed by atoms with Crippen molar-refractivity contribution < 1.29 is 34.1 Å². The van der Waals surface area contributed by atoms with Crippen molar-refractivity contribution >= 4 is 25.0 Å². The van der Waals surface area contributed by atoms with Crippen molar-refractivity contribution in [1.82, 2.24) is 4.90 Å². The van der Waals surface area contributed by atoms with E-state index in [1.54, 1.807) is 53.2 Å². The quantitative estimate of drug-likeness (QED) is 0.116. The Hall–Kier alpha value is -4.63. The Morgan fingerprint density at radius 2 is 1.34 bits per heavy atom. The third-order valence-electron chi connectivity index (χ3n) is 8.85. The average Bonchev–Trinajstić information content (AvgIpc) is 3.32. The van der Waals surface area contributed by atoms with Crippen LogP contribution in [-0.4, -0.2) is 48.9 Å². The Balaban J connectivity index is 1.35. The second-order valence-electron chi connectivity index (χ2n) is 11.8. The number of hydrogen-bond donors (Lipinski definition) is 5. The fourth-order valence-electron chi connectivity index (χ4n) is 6.27. The number of likely N-dealkylation sites (N-methyl/N-ethyl adjacent to an activating group) is 1. The third kappa shape index (κ3) is 6.76. The molecule has 5 aromatic carbocycles. The smallest absolute Gasteiger partial charge is 0.388 e. The number of urea groups is 1. The van der Waals surface area contributed by atoms with Gasteiger partial charge in [-0.3, -0.25) is 0 Å². The van der Waals surface area contributed by atoms with Crippen molar-refractivity contribution in [1.29, 1.82) is 0 Å². The van der Waals surface area contributed by atoms with E-state index in [0.717, 1.165) is 11.1 Å². The van der Waals surface area contributed by atoms with E-state index in [1.165, 1.54) is 24.3 Å². The van der Waals surface area contributed by atoms with Gasteiger partial charge in [0.25, 0.3) is 0 Å². The normalized spacial score (nSPS) is 17.6. The summed E-state index contributed by atoms with van der Waals surface area (Å²) in [4.78, 5) is 46.1. The number of aliphatic hydroxyl groups is 1. The van der Waals surface area contributed by atoms with Crippen molar-refractivity contribution in [3.63, 3.8) is 0 Å². The van der Waals surface area contributed by atoms with Crippen LogP contribution in [0.1, 0.15) is 36.1 Å². The maximum absolute atomic E-state index is 13.9. The molecule has 1 unspecified atom stereocenters. The fourth-order valence-corrected chi connectivity index (χ4v) is 6.88. The van der Waals surface area contributed by atoms with E-state index in [2.05, 4.69) is 0 Å². The number of halogens is 1. The minimum Gasteiger partial charge on any atom is -0.388 e. The molecule has 1 aliphatic rings. The Kier molecular flexibility index (Phi) is 9.10. The molecule has 0 aliphatic carbocycles. The number of anilines is 1. The zero-order chi connectivity index (χ0) is 33.3. The summed E-state index contributed by atoms with van der Waals surface area (Å²) < 4.78 is 13.5. The Labute approximate surface area is 272 Å². The molecule has 47 heavy (non-hydrogen) atoms. The van der Waals surface area contributed by atoms with Crippen molar-refractivity contribution in [2.24, 2.45) is 0 Å². The van der Waals surface area contributed by atoms with E-state index in [1.807, 2.05) is 60.7 Å². The molecule has 0 aromatic heterocycles. The van der Waals surface area contributed by atoms with E-state index in [4.69, 9.17) is 0 Å². The van der Waals surface area contributed by atoms with E-state index >= 15 is 0 Å². The number of aromatic hydroxyl groups is 1. The van der Waals surface area contributed by atoms with E-state index in [9.17, 15) is 34.1 Å². The minimum absolute atomic E-state index is 0.0363. The van der Waals surface area contributed by atoms with Crippen molar-refractivity contribution in [2.75, 3.05) is 11.9 Å². The molecule has 0 bridgehead atoms. The molecular formula is C37H36FN2O6P. The van der Waals surface area contributed by atoms with Crippen LogP contribution in [0.15, 0.2) is 121 Å². The molecule has 5 aromatic rings. The number of aliphatic hydroxyl groups excluding tert-OH is 1. The molecular weight excluding hydrogens is 618 g/mol. The molecule has 1 fully saturated rings. The predicted octanol–water partition coefficient (Wildman–Crippen LogP) is 6.46. The first-order chi connectivity index (χ1) is 22.5. The maximum atomic E-state index is 13.9. The first-order valence-electron chi connectivity index (χ1n) is 15.3. The molecule has 1 saturated heterocycles. The summed E-state index contributed by atoms with van der Waals surface area (Å²) in [6.07, 6.45) is -0.194. The number of hydrogen-bond acceptors (Lipinski definition) is 6. The Morgan fingerprint density at radius 3 is 1.96 bits per heavy atom. The number of nitrogens with zero attached hydrogens (tertiary/aromatic N) is 2. The van der Waals surface area contributed by atoms with Crippen LogP contribution in [0.2, 0.25) is 0 Å². The molecule has 0 spiro atoms. The van der Waals surface area contributed by atoms with Gasteiger partial charge in [0.1, 0.15) is 5.82 Å². The second-order valence-corrected chi connectivity index (χ2v) is 13.7. The van der Waals surface area contributed by atoms with E-state index in [-0.39, 0.29) is 17.1 Å². The number of amides is 2. The summed E-state index contributed by atoms with van der Waals surface area (Å²) in [5.74, 6) is -0.430. The van der Waals surface area contributed by atoms with Gasteiger partial charge in [0.15, 0.2) is 0 Å². The molecule has 1 heterocycles. The number of rotatable bonds is 9. The van der Waals surface area contributed by atoms with Crippen molar-refractivity contribution in [2.45, 2.75) is 31.0 Å². The van der Waals surface area contributed by atoms with Gasteiger partial charge >= 0.3 is 168 Å². The van der Waals surface area contributed by atoms with Gasteiger partial charge in [-0.15, -0.1) is 0 Å².